The van der Waals surface area contributed by atoms with Gasteiger partial charge in [-0.25, -0.2) is 4.98 Å². The van der Waals surface area contributed by atoms with E-state index in [1.807, 2.05) is 20.2 Å². The zero-order valence-corrected chi connectivity index (χ0v) is 13.8. The van der Waals surface area contributed by atoms with Crippen LogP contribution in [0, 0.1) is 0 Å². The number of methoxy groups -OCH3 is 1. The summed E-state index contributed by atoms with van der Waals surface area (Å²) in [6, 6.07) is 2.38. The first-order valence-electron chi connectivity index (χ1n) is 7.60. The molecule has 5 heteroatoms. The van der Waals surface area contributed by atoms with Crippen LogP contribution in [0.4, 0.5) is 11.4 Å². The molecule has 0 saturated carbocycles. The van der Waals surface area contributed by atoms with E-state index in [1.54, 1.807) is 13.3 Å². The van der Waals surface area contributed by atoms with Gasteiger partial charge in [0.1, 0.15) is 5.69 Å². The molecule has 2 atom stereocenters. The maximum absolute atomic E-state index is 5.92. The largest absolute Gasteiger partial charge is 0.479 e. The van der Waals surface area contributed by atoms with Crippen LogP contribution in [0.25, 0.3) is 0 Å². The van der Waals surface area contributed by atoms with E-state index < -0.39 is 0 Å². The highest BCUT2D eigenvalue weighted by Crippen LogP contribution is 2.36. The molecule has 1 aromatic heterocycles. The number of aromatic nitrogens is 1. The molecule has 0 aromatic carbocycles. The van der Waals surface area contributed by atoms with Gasteiger partial charge >= 0.3 is 0 Å². The summed E-state index contributed by atoms with van der Waals surface area (Å²) in [5.41, 5.74) is 2.02. The Morgan fingerprint density at radius 1 is 1.52 bits per heavy atom. The Hall–Kier alpha value is -1.49. The molecule has 1 aliphatic rings. The summed E-state index contributed by atoms with van der Waals surface area (Å²) in [4.78, 5) is 6.39. The molecule has 21 heavy (non-hydrogen) atoms. The van der Waals surface area contributed by atoms with E-state index in [1.165, 1.54) is 0 Å². The van der Waals surface area contributed by atoms with Crippen LogP contribution >= 0.6 is 0 Å². The van der Waals surface area contributed by atoms with Crippen molar-refractivity contribution in [3.8, 4) is 5.88 Å². The second-order valence-corrected chi connectivity index (χ2v) is 6.09. The van der Waals surface area contributed by atoms with Crippen LogP contribution in [0.3, 0.4) is 0 Å². The van der Waals surface area contributed by atoms with Gasteiger partial charge in [0.05, 0.1) is 18.4 Å². The highest BCUT2D eigenvalue weighted by molar-refractivity contribution is 5.74. The first-order chi connectivity index (χ1) is 9.99. The molecule has 1 saturated heterocycles. The van der Waals surface area contributed by atoms with Crippen LogP contribution in [-0.2, 0) is 4.74 Å². The molecule has 2 rings (SSSR count). The molecule has 5 nitrogen and oxygen atoms in total. The molecule has 2 unspecified atom stereocenters. The summed E-state index contributed by atoms with van der Waals surface area (Å²) in [6.45, 7) is 5.16. The third-order valence-electron chi connectivity index (χ3n) is 4.26. The van der Waals surface area contributed by atoms with Gasteiger partial charge in [-0.15, -0.1) is 0 Å². The zero-order chi connectivity index (χ0) is 15.5. The molecule has 0 radical (unpaired) electrons. The van der Waals surface area contributed by atoms with E-state index in [0.717, 1.165) is 37.2 Å². The maximum atomic E-state index is 5.92. The van der Waals surface area contributed by atoms with Crippen LogP contribution in [0.15, 0.2) is 12.3 Å². The second-order valence-electron chi connectivity index (χ2n) is 6.09. The van der Waals surface area contributed by atoms with E-state index in [4.69, 9.17) is 9.47 Å². The van der Waals surface area contributed by atoms with Crippen LogP contribution in [0.2, 0.25) is 0 Å². The number of anilines is 2. The van der Waals surface area contributed by atoms with Gasteiger partial charge in [-0.2, -0.15) is 0 Å². The molecule has 0 aliphatic carbocycles. The van der Waals surface area contributed by atoms with Crippen molar-refractivity contribution in [3.63, 3.8) is 0 Å². The number of nitrogens with zero attached hydrogens (tertiary/aromatic N) is 2. The highest BCUT2D eigenvalue weighted by Gasteiger charge is 2.32. The van der Waals surface area contributed by atoms with Gasteiger partial charge in [-0.1, -0.05) is 6.92 Å². The minimum Gasteiger partial charge on any atom is -0.479 e. The molecule has 1 N–H and O–H groups in total. The third-order valence-corrected chi connectivity index (χ3v) is 4.26. The fourth-order valence-corrected chi connectivity index (χ4v) is 2.80. The Bertz CT molecular complexity index is 479. The predicted octanol–water partition coefficient (Wildman–Crippen LogP) is 2.92. The fourth-order valence-electron chi connectivity index (χ4n) is 2.80. The summed E-state index contributed by atoms with van der Waals surface area (Å²) in [6.07, 6.45) is 4.80. The van der Waals surface area contributed by atoms with Crippen LogP contribution in [0.5, 0.6) is 5.88 Å². The summed E-state index contributed by atoms with van der Waals surface area (Å²) in [7, 11) is 5.72. The van der Waals surface area contributed by atoms with E-state index in [9.17, 15) is 0 Å². The smallest absolute Gasteiger partial charge is 0.239 e. The van der Waals surface area contributed by atoms with Gasteiger partial charge in [0.25, 0.3) is 0 Å². The molecule has 2 heterocycles. The van der Waals surface area contributed by atoms with Gasteiger partial charge in [0, 0.05) is 32.9 Å². The summed E-state index contributed by atoms with van der Waals surface area (Å²) in [5.74, 6) is 0.644. The lowest BCUT2D eigenvalue weighted by atomic mass is 9.90. The first kappa shape index (κ1) is 15.9. The average molecular weight is 293 g/mol. The quantitative estimate of drug-likeness (QED) is 0.904. The number of pyridine rings is 1. The summed E-state index contributed by atoms with van der Waals surface area (Å²) in [5, 5.41) is 3.63. The van der Waals surface area contributed by atoms with Crippen molar-refractivity contribution < 1.29 is 9.47 Å². The minimum absolute atomic E-state index is 0.0381. The van der Waals surface area contributed by atoms with E-state index >= 15 is 0 Å². The number of hydrogen-bond acceptors (Lipinski definition) is 5. The Morgan fingerprint density at radius 2 is 2.29 bits per heavy atom. The van der Waals surface area contributed by atoms with Gasteiger partial charge in [-0.05, 0) is 32.3 Å². The van der Waals surface area contributed by atoms with Gasteiger partial charge in [0.15, 0.2) is 0 Å². The summed E-state index contributed by atoms with van der Waals surface area (Å²) < 4.78 is 11.3. The number of rotatable bonds is 5. The van der Waals surface area contributed by atoms with Crippen molar-refractivity contribution in [3.05, 3.63) is 12.3 Å². The van der Waals surface area contributed by atoms with Gasteiger partial charge < -0.3 is 19.7 Å². The lowest BCUT2D eigenvalue weighted by Crippen LogP contribution is -2.42. The predicted molar refractivity (Wildman–Crippen MR) is 86.4 cm³/mol. The number of ether oxygens (including phenoxy) is 2. The highest BCUT2D eigenvalue weighted by atomic mass is 16.5. The van der Waals surface area contributed by atoms with Crippen molar-refractivity contribution in [1.29, 1.82) is 0 Å². The first-order valence-corrected chi connectivity index (χ1v) is 7.60. The van der Waals surface area contributed by atoms with Crippen molar-refractivity contribution >= 4 is 11.4 Å². The molecule has 0 bridgehead atoms. The second kappa shape index (κ2) is 6.52. The third kappa shape index (κ3) is 3.59. The molecule has 0 spiro atoms. The summed E-state index contributed by atoms with van der Waals surface area (Å²) >= 11 is 0. The molecule has 0 amide bonds. The minimum atomic E-state index is -0.0381. The van der Waals surface area contributed by atoms with Crippen molar-refractivity contribution in [1.82, 2.24) is 4.98 Å². The van der Waals surface area contributed by atoms with E-state index in [-0.39, 0.29) is 5.60 Å². The van der Waals surface area contributed by atoms with E-state index in [2.05, 4.69) is 29.0 Å². The number of nitrogens with one attached hydrogen (secondary N) is 1. The van der Waals surface area contributed by atoms with Gasteiger partial charge in [0.2, 0.25) is 5.88 Å². The zero-order valence-electron chi connectivity index (χ0n) is 13.8. The standard InChI is InChI=1S/C16H27N3O2/c1-6-16(2)11-12(8-10-21-16)18-14-13(19(3)4)7-9-17-15(14)20-5/h7,9,12,18H,6,8,10-11H2,1-5H3. The Labute approximate surface area is 127 Å². The Balaban J connectivity index is 2.22. The van der Waals surface area contributed by atoms with Crippen molar-refractivity contribution in [2.45, 2.75) is 44.8 Å². The number of hydrogen-bond donors (Lipinski definition) is 1. The van der Waals surface area contributed by atoms with Crippen LogP contribution < -0.4 is 15.0 Å². The van der Waals surface area contributed by atoms with Crippen LogP contribution in [0.1, 0.15) is 33.1 Å². The fraction of sp³-hybridized carbons (Fsp3) is 0.688. The molecule has 1 aromatic rings. The molecular weight excluding hydrogens is 266 g/mol. The van der Waals surface area contributed by atoms with Crippen molar-refractivity contribution in [2.75, 3.05) is 38.0 Å². The maximum Gasteiger partial charge on any atom is 0.239 e. The monoisotopic (exact) mass is 293 g/mol. The average Bonchev–Trinajstić information content (AvgIpc) is 2.47. The van der Waals surface area contributed by atoms with Gasteiger partial charge in [-0.3, -0.25) is 0 Å². The molecule has 1 fully saturated rings. The molecular formula is C16H27N3O2. The SMILES string of the molecule is CCC1(C)CC(Nc2c(N(C)C)ccnc2OC)CCO1. The molecule has 1 aliphatic heterocycles. The Morgan fingerprint density at radius 3 is 2.90 bits per heavy atom. The van der Waals surface area contributed by atoms with Crippen LogP contribution in [-0.4, -0.2) is 44.4 Å². The Kier molecular flexibility index (Phi) is 4.93. The molecule has 118 valence electrons. The normalized spacial score (nSPS) is 25.5. The lowest BCUT2D eigenvalue weighted by Gasteiger charge is -2.38. The van der Waals surface area contributed by atoms with Crippen molar-refractivity contribution in [2.24, 2.45) is 0 Å². The topological polar surface area (TPSA) is 46.6 Å². The van der Waals surface area contributed by atoms with E-state index in [0.29, 0.717) is 11.9 Å². The lowest BCUT2D eigenvalue weighted by molar-refractivity contribution is -0.0709.